The first-order chi connectivity index (χ1) is 9.74. The Labute approximate surface area is 121 Å². The number of benzene rings is 1. The van der Waals surface area contributed by atoms with Gasteiger partial charge in [-0.25, -0.2) is 0 Å². The molecule has 0 saturated heterocycles. The molecule has 1 aromatic carbocycles. The molecule has 2 heteroatoms. The minimum absolute atomic E-state index is 0.414. The molecule has 1 aliphatic carbocycles. The molecular weight excluding hydrogens is 244 g/mol. The number of anilines is 1. The van der Waals surface area contributed by atoms with E-state index in [0.29, 0.717) is 6.04 Å². The Bertz CT molecular complexity index is 604. The second-order valence-corrected chi connectivity index (χ2v) is 5.73. The number of rotatable bonds is 2. The second kappa shape index (κ2) is 5.66. The lowest BCUT2D eigenvalue weighted by Crippen LogP contribution is -2.12. The van der Waals surface area contributed by atoms with Gasteiger partial charge in [-0.1, -0.05) is 30.7 Å². The van der Waals surface area contributed by atoms with E-state index in [4.69, 9.17) is 0 Å². The molecule has 0 fully saturated rings. The summed E-state index contributed by atoms with van der Waals surface area (Å²) in [6.07, 6.45) is 4.98. The largest absolute Gasteiger partial charge is 0.377 e. The lowest BCUT2D eigenvalue weighted by Gasteiger charge is -2.21. The van der Waals surface area contributed by atoms with Gasteiger partial charge in [-0.2, -0.15) is 0 Å². The molecule has 1 unspecified atom stereocenters. The third-order valence-corrected chi connectivity index (χ3v) is 4.17. The molecule has 0 bridgehead atoms. The summed E-state index contributed by atoms with van der Waals surface area (Å²) in [6.45, 7) is 4.12. The Morgan fingerprint density at radius 1 is 1.05 bits per heavy atom. The van der Waals surface area contributed by atoms with Gasteiger partial charge in [-0.3, -0.25) is 4.98 Å². The molecule has 2 aromatic rings. The van der Waals surface area contributed by atoms with Gasteiger partial charge < -0.3 is 5.32 Å². The van der Waals surface area contributed by atoms with Gasteiger partial charge in [0, 0.05) is 5.69 Å². The third-order valence-electron chi connectivity index (χ3n) is 4.17. The smallest absolute Gasteiger partial charge is 0.0607 e. The number of aryl methyl sites for hydroxylation is 3. The summed E-state index contributed by atoms with van der Waals surface area (Å²) in [5, 5.41) is 3.71. The zero-order chi connectivity index (χ0) is 13.9. The predicted octanol–water partition coefficient (Wildman–Crippen LogP) is 4.58. The van der Waals surface area contributed by atoms with E-state index in [9.17, 15) is 0 Å². The molecule has 1 aromatic heterocycles. The first-order valence-corrected chi connectivity index (χ1v) is 7.52. The first-order valence-electron chi connectivity index (χ1n) is 7.52. The summed E-state index contributed by atoms with van der Waals surface area (Å²) in [5.74, 6) is 0. The van der Waals surface area contributed by atoms with Crippen molar-refractivity contribution in [2.75, 3.05) is 5.32 Å². The van der Waals surface area contributed by atoms with Crippen LogP contribution in [0.3, 0.4) is 0 Å². The zero-order valence-electron chi connectivity index (χ0n) is 12.3. The summed E-state index contributed by atoms with van der Waals surface area (Å²) in [7, 11) is 0. The van der Waals surface area contributed by atoms with Crippen LogP contribution in [0.2, 0.25) is 0 Å². The quantitative estimate of drug-likeness (QED) is 0.805. The van der Waals surface area contributed by atoms with E-state index >= 15 is 0 Å². The molecule has 0 saturated carbocycles. The summed E-state index contributed by atoms with van der Waals surface area (Å²) in [6, 6.07) is 13.5. The fraction of sp³-hybridized carbons (Fsp3) is 0.389. The van der Waals surface area contributed by atoms with Gasteiger partial charge in [0.05, 0.1) is 17.4 Å². The number of nitrogens with one attached hydrogen (secondary N) is 1. The van der Waals surface area contributed by atoms with E-state index in [1.54, 1.807) is 0 Å². The zero-order valence-corrected chi connectivity index (χ0v) is 12.3. The van der Waals surface area contributed by atoms with Crippen LogP contribution in [-0.2, 0) is 6.42 Å². The van der Waals surface area contributed by atoms with Crippen LogP contribution in [0.5, 0.6) is 0 Å². The van der Waals surface area contributed by atoms with Crippen molar-refractivity contribution in [3.63, 3.8) is 0 Å². The van der Waals surface area contributed by atoms with Crippen molar-refractivity contribution >= 4 is 5.69 Å². The normalized spacial score (nSPS) is 18.2. The maximum Gasteiger partial charge on any atom is 0.0607 e. The standard InChI is InChI=1S/C18H22N2/c1-13-11-12-17(14(2)19-13)20-18-10-6-4-8-15-7-3-5-9-16(15)18/h3,5,7,9,11-12,18,20H,4,6,8,10H2,1-2H3. The lowest BCUT2D eigenvalue weighted by atomic mass is 9.99. The number of fused-ring (bicyclic) bond motifs is 1. The highest BCUT2D eigenvalue weighted by Crippen LogP contribution is 2.32. The maximum atomic E-state index is 4.56. The van der Waals surface area contributed by atoms with E-state index < -0.39 is 0 Å². The number of aromatic nitrogens is 1. The van der Waals surface area contributed by atoms with Crippen LogP contribution in [0.1, 0.15) is 47.8 Å². The van der Waals surface area contributed by atoms with Crippen molar-refractivity contribution in [1.82, 2.24) is 4.98 Å². The molecule has 3 rings (SSSR count). The van der Waals surface area contributed by atoms with Gasteiger partial charge in [0.15, 0.2) is 0 Å². The summed E-state index contributed by atoms with van der Waals surface area (Å²) >= 11 is 0. The summed E-state index contributed by atoms with van der Waals surface area (Å²) < 4.78 is 0. The van der Waals surface area contributed by atoms with Gasteiger partial charge in [-0.15, -0.1) is 0 Å². The van der Waals surface area contributed by atoms with Crippen LogP contribution >= 0.6 is 0 Å². The monoisotopic (exact) mass is 266 g/mol. The SMILES string of the molecule is Cc1ccc(NC2CCCCc3ccccc32)c(C)n1. The lowest BCUT2D eigenvalue weighted by molar-refractivity contribution is 0.643. The van der Waals surface area contributed by atoms with Gasteiger partial charge >= 0.3 is 0 Å². The van der Waals surface area contributed by atoms with Crippen LogP contribution in [0.4, 0.5) is 5.69 Å². The number of nitrogens with zero attached hydrogens (tertiary/aromatic N) is 1. The van der Waals surface area contributed by atoms with Gasteiger partial charge in [0.25, 0.3) is 0 Å². The topological polar surface area (TPSA) is 24.9 Å². The minimum Gasteiger partial charge on any atom is -0.377 e. The molecule has 20 heavy (non-hydrogen) atoms. The Kier molecular flexibility index (Phi) is 3.72. The molecule has 0 amide bonds. The summed E-state index contributed by atoms with van der Waals surface area (Å²) in [4.78, 5) is 4.56. The molecule has 0 spiro atoms. The predicted molar refractivity (Wildman–Crippen MR) is 84.1 cm³/mol. The van der Waals surface area contributed by atoms with Crippen molar-refractivity contribution in [1.29, 1.82) is 0 Å². The number of hydrogen-bond acceptors (Lipinski definition) is 2. The molecule has 2 nitrogen and oxygen atoms in total. The molecule has 1 aliphatic rings. The van der Waals surface area contributed by atoms with Crippen molar-refractivity contribution in [3.05, 3.63) is 58.9 Å². The van der Waals surface area contributed by atoms with Crippen LogP contribution < -0.4 is 5.32 Å². The van der Waals surface area contributed by atoms with Crippen LogP contribution in [0.15, 0.2) is 36.4 Å². The van der Waals surface area contributed by atoms with Gasteiger partial charge in [0.2, 0.25) is 0 Å². The van der Waals surface area contributed by atoms with Crippen molar-refractivity contribution < 1.29 is 0 Å². The van der Waals surface area contributed by atoms with E-state index in [1.807, 2.05) is 6.92 Å². The molecular formula is C18H22N2. The highest BCUT2D eigenvalue weighted by atomic mass is 14.9. The molecule has 1 N–H and O–H groups in total. The molecule has 0 aliphatic heterocycles. The van der Waals surface area contributed by atoms with Crippen molar-refractivity contribution in [3.8, 4) is 0 Å². The van der Waals surface area contributed by atoms with Crippen LogP contribution in [0.25, 0.3) is 0 Å². The van der Waals surface area contributed by atoms with E-state index in [2.05, 4.69) is 53.6 Å². The minimum atomic E-state index is 0.414. The van der Waals surface area contributed by atoms with Gasteiger partial charge in [-0.05, 0) is 56.4 Å². The Balaban J connectivity index is 1.90. The Hall–Kier alpha value is -1.83. The van der Waals surface area contributed by atoms with Gasteiger partial charge in [0.1, 0.15) is 0 Å². The molecule has 0 radical (unpaired) electrons. The third kappa shape index (κ3) is 2.69. The molecule has 104 valence electrons. The first kappa shape index (κ1) is 13.2. The van der Waals surface area contributed by atoms with E-state index in [1.165, 1.54) is 36.8 Å². The molecule has 1 heterocycles. The average molecular weight is 266 g/mol. The van der Waals surface area contributed by atoms with E-state index in [-0.39, 0.29) is 0 Å². The average Bonchev–Trinajstić information content (AvgIpc) is 2.65. The second-order valence-electron chi connectivity index (χ2n) is 5.73. The molecule has 1 atom stereocenters. The summed E-state index contributed by atoms with van der Waals surface area (Å²) in [5.41, 5.74) is 6.29. The highest BCUT2D eigenvalue weighted by Gasteiger charge is 2.18. The Morgan fingerprint density at radius 3 is 2.75 bits per heavy atom. The number of hydrogen-bond donors (Lipinski definition) is 1. The maximum absolute atomic E-state index is 4.56. The van der Waals surface area contributed by atoms with Crippen molar-refractivity contribution in [2.45, 2.75) is 45.6 Å². The van der Waals surface area contributed by atoms with Crippen molar-refractivity contribution in [2.24, 2.45) is 0 Å². The van der Waals surface area contributed by atoms with Crippen LogP contribution in [-0.4, -0.2) is 4.98 Å². The highest BCUT2D eigenvalue weighted by molar-refractivity contribution is 5.50. The fourth-order valence-electron chi connectivity index (χ4n) is 3.10. The number of pyridine rings is 1. The van der Waals surface area contributed by atoms with E-state index in [0.717, 1.165) is 17.1 Å². The van der Waals surface area contributed by atoms with Crippen LogP contribution in [0, 0.1) is 13.8 Å². The Morgan fingerprint density at radius 2 is 1.90 bits per heavy atom. The fourth-order valence-corrected chi connectivity index (χ4v) is 3.10.